The molecular formula is C9H22O4. The number of unbranched alkanes of at least 4 members (excludes halogenated alkanes) is 2. The summed E-state index contributed by atoms with van der Waals surface area (Å²) >= 11 is 0. The predicted molar refractivity (Wildman–Crippen MR) is 51.1 cm³/mol. The van der Waals surface area contributed by atoms with Crippen LogP contribution in [0.2, 0.25) is 0 Å². The van der Waals surface area contributed by atoms with Crippen LogP contribution < -0.4 is 0 Å². The first-order valence-corrected chi connectivity index (χ1v) is 4.69. The summed E-state index contributed by atoms with van der Waals surface area (Å²) in [5, 5.41) is 32.7. The predicted octanol–water partition coefficient (Wildman–Crippen LogP) is 0.237. The lowest BCUT2D eigenvalue weighted by Crippen LogP contribution is -2.03. The fraction of sp³-hybridized carbons (Fsp3) is 1.00. The zero-order valence-corrected chi connectivity index (χ0v) is 8.48. The molecule has 0 heterocycles. The van der Waals surface area contributed by atoms with Crippen LogP contribution in [0.1, 0.15) is 39.5 Å². The molecule has 82 valence electrons. The highest BCUT2D eigenvalue weighted by molar-refractivity contribution is 4.40. The van der Waals surface area contributed by atoms with E-state index in [4.69, 9.17) is 20.4 Å². The number of hydrogen-bond acceptors (Lipinski definition) is 4. The summed E-state index contributed by atoms with van der Waals surface area (Å²) in [6.07, 6.45) is 2.02. The third-order valence-electron chi connectivity index (χ3n) is 1.33. The number of hydrogen-bond donors (Lipinski definition) is 4. The molecule has 0 spiro atoms. The summed E-state index contributed by atoms with van der Waals surface area (Å²) in [6.45, 7) is 3.48. The minimum atomic E-state index is -1.10. The SMILES string of the molecule is CC(O)CO.CCCCCC(O)O. The average Bonchev–Trinajstić information content (AvgIpc) is 2.05. The van der Waals surface area contributed by atoms with Crippen molar-refractivity contribution < 1.29 is 20.4 Å². The Kier molecular flexibility index (Phi) is 14.0. The first-order valence-electron chi connectivity index (χ1n) is 4.69. The molecule has 4 N–H and O–H groups in total. The molecule has 0 radical (unpaired) electrons. The van der Waals surface area contributed by atoms with Gasteiger partial charge >= 0.3 is 0 Å². The van der Waals surface area contributed by atoms with Gasteiger partial charge in [0.25, 0.3) is 0 Å². The number of aliphatic hydroxyl groups is 4. The highest BCUT2D eigenvalue weighted by atomic mass is 16.5. The Morgan fingerprint density at radius 3 is 1.77 bits per heavy atom. The molecule has 4 nitrogen and oxygen atoms in total. The molecule has 0 saturated carbocycles. The van der Waals surface area contributed by atoms with Crippen LogP contribution in [-0.4, -0.2) is 39.4 Å². The molecule has 1 unspecified atom stereocenters. The Labute approximate surface area is 79.8 Å². The molecule has 0 bridgehead atoms. The van der Waals surface area contributed by atoms with E-state index in [0.717, 1.165) is 19.3 Å². The van der Waals surface area contributed by atoms with Crippen molar-refractivity contribution in [1.82, 2.24) is 0 Å². The highest BCUT2D eigenvalue weighted by Crippen LogP contribution is 1.99. The fourth-order valence-corrected chi connectivity index (χ4v) is 0.577. The van der Waals surface area contributed by atoms with Gasteiger partial charge in [-0.15, -0.1) is 0 Å². The van der Waals surface area contributed by atoms with Gasteiger partial charge in [-0.05, 0) is 19.8 Å². The van der Waals surface area contributed by atoms with Crippen molar-refractivity contribution in [2.45, 2.75) is 51.9 Å². The van der Waals surface area contributed by atoms with Crippen molar-refractivity contribution in [1.29, 1.82) is 0 Å². The zero-order chi connectivity index (χ0) is 10.7. The second kappa shape index (κ2) is 11.8. The summed E-state index contributed by atoms with van der Waals surface area (Å²) in [5.74, 6) is 0. The van der Waals surface area contributed by atoms with Crippen molar-refractivity contribution in [2.75, 3.05) is 6.61 Å². The molecule has 0 fully saturated rings. The molecule has 1 atom stereocenters. The zero-order valence-electron chi connectivity index (χ0n) is 8.48. The molecule has 0 aromatic heterocycles. The van der Waals surface area contributed by atoms with Crippen molar-refractivity contribution in [3.05, 3.63) is 0 Å². The van der Waals surface area contributed by atoms with Crippen molar-refractivity contribution in [3.8, 4) is 0 Å². The maximum atomic E-state index is 8.33. The fourth-order valence-electron chi connectivity index (χ4n) is 0.577. The van der Waals surface area contributed by atoms with E-state index >= 15 is 0 Å². The van der Waals surface area contributed by atoms with Gasteiger partial charge in [0.05, 0.1) is 12.7 Å². The topological polar surface area (TPSA) is 80.9 Å². The van der Waals surface area contributed by atoms with Gasteiger partial charge in [0.2, 0.25) is 0 Å². The van der Waals surface area contributed by atoms with Crippen molar-refractivity contribution in [2.24, 2.45) is 0 Å². The van der Waals surface area contributed by atoms with Gasteiger partial charge in [-0.3, -0.25) is 0 Å². The quantitative estimate of drug-likeness (QED) is 0.373. The molecule has 0 aliphatic heterocycles. The maximum absolute atomic E-state index is 8.33. The molecule has 0 saturated heterocycles. The smallest absolute Gasteiger partial charge is 0.151 e. The van der Waals surface area contributed by atoms with Crippen LogP contribution in [0.4, 0.5) is 0 Å². The molecular weight excluding hydrogens is 172 g/mol. The van der Waals surface area contributed by atoms with E-state index in [0.29, 0.717) is 6.42 Å². The van der Waals surface area contributed by atoms with E-state index in [1.54, 1.807) is 0 Å². The van der Waals surface area contributed by atoms with Gasteiger partial charge in [-0.2, -0.15) is 0 Å². The van der Waals surface area contributed by atoms with Crippen LogP contribution >= 0.6 is 0 Å². The molecule has 0 aromatic carbocycles. The molecule has 13 heavy (non-hydrogen) atoms. The van der Waals surface area contributed by atoms with Crippen LogP contribution in [0, 0.1) is 0 Å². The summed E-state index contributed by atoms with van der Waals surface area (Å²) in [6, 6.07) is 0. The Hall–Kier alpha value is -0.160. The van der Waals surface area contributed by atoms with Gasteiger partial charge in [-0.1, -0.05) is 19.8 Å². The van der Waals surface area contributed by atoms with E-state index in [-0.39, 0.29) is 6.61 Å². The normalized spacial score (nSPS) is 12.2. The van der Waals surface area contributed by atoms with Crippen molar-refractivity contribution >= 4 is 0 Å². The standard InChI is InChI=1S/C6H14O2.C3H8O2/c1-2-3-4-5-6(7)8;1-3(5)2-4/h6-8H,2-5H2,1H3;3-5H,2H2,1H3. The summed E-state index contributed by atoms with van der Waals surface area (Å²) < 4.78 is 0. The average molecular weight is 194 g/mol. The summed E-state index contributed by atoms with van der Waals surface area (Å²) in [4.78, 5) is 0. The number of aliphatic hydroxyl groups excluding tert-OH is 3. The lowest BCUT2D eigenvalue weighted by Gasteiger charge is -1.99. The maximum Gasteiger partial charge on any atom is 0.151 e. The van der Waals surface area contributed by atoms with E-state index in [2.05, 4.69) is 6.92 Å². The van der Waals surface area contributed by atoms with E-state index < -0.39 is 12.4 Å². The van der Waals surface area contributed by atoms with E-state index in [1.165, 1.54) is 6.92 Å². The second-order valence-corrected chi connectivity index (χ2v) is 3.01. The molecule has 0 amide bonds. The first kappa shape index (κ1) is 15.3. The van der Waals surface area contributed by atoms with Crippen LogP contribution in [-0.2, 0) is 0 Å². The van der Waals surface area contributed by atoms with Gasteiger partial charge in [0, 0.05) is 0 Å². The minimum Gasteiger partial charge on any atom is -0.394 e. The lowest BCUT2D eigenvalue weighted by molar-refractivity contribution is -0.0465. The molecule has 0 aliphatic carbocycles. The van der Waals surface area contributed by atoms with Gasteiger partial charge < -0.3 is 20.4 Å². The van der Waals surface area contributed by atoms with Crippen molar-refractivity contribution in [3.63, 3.8) is 0 Å². The van der Waals surface area contributed by atoms with Gasteiger partial charge in [-0.25, -0.2) is 0 Å². The largest absolute Gasteiger partial charge is 0.394 e. The van der Waals surface area contributed by atoms with Gasteiger partial charge in [0.15, 0.2) is 6.29 Å². The van der Waals surface area contributed by atoms with Gasteiger partial charge in [0.1, 0.15) is 0 Å². The third-order valence-corrected chi connectivity index (χ3v) is 1.33. The minimum absolute atomic E-state index is 0.139. The third kappa shape index (κ3) is 24.5. The van der Waals surface area contributed by atoms with Crippen LogP contribution in [0.3, 0.4) is 0 Å². The first-order chi connectivity index (χ1) is 6.04. The van der Waals surface area contributed by atoms with E-state index in [1.807, 2.05) is 0 Å². The second-order valence-electron chi connectivity index (χ2n) is 3.01. The van der Waals surface area contributed by atoms with Crippen LogP contribution in [0.15, 0.2) is 0 Å². The Morgan fingerprint density at radius 2 is 1.54 bits per heavy atom. The molecule has 0 aromatic rings. The Balaban J connectivity index is 0. The Bertz CT molecular complexity index is 83.7. The number of rotatable bonds is 5. The van der Waals surface area contributed by atoms with E-state index in [9.17, 15) is 0 Å². The Morgan fingerprint density at radius 1 is 1.08 bits per heavy atom. The lowest BCUT2D eigenvalue weighted by atomic mass is 10.2. The summed E-state index contributed by atoms with van der Waals surface area (Å²) in [5.41, 5.74) is 0. The monoisotopic (exact) mass is 194 g/mol. The van der Waals surface area contributed by atoms with Crippen LogP contribution in [0.25, 0.3) is 0 Å². The molecule has 0 aliphatic rings. The van der Waals surface area contributed by atoms with Crippen LogP contribution in [0.5, 0.6) is 0 Å². The summed E-state index contributed by atoms with van der Waals surface area (Å²) in [7, 11) is 0. The molecule has 0 rings (SSSR count). The highest BCUT2D eigenvalue weighted by Gasteiger charge is 1.93. The molecule has 4 heteroatoms.